The highest BCUT2D eigenvalue weighted by Crippen LogP contribution is 2.08. The summed E-state index contributed by atoms with van der Waals surface area (Å²) in [5, 5.41) is 2.90. The third-order valence-electron chi connectivity index (χ3n) is 2.84. The van der Waals surface area contributed by atoms with Gasteiger partial charge < -0.3 is 15.8 Å². The number of hydrogen-bond acceptors (Lipinski definition) is 3. The predicted octanol–water partition coefficient (Wildman–Crippen LogP) is 0.265. The molecule has 4 nitrogen and oxygen atoms in total. The Morgan fingerprint density at radius 3 is 2.93 bits per heavy atom. The maximum atomic E-state index is 11.6. The zero-order valence-corrected chi connectivity index (χ0v) is 8.95. The van der Waals surface area contributed by atoms with Crippen LogP contribution in [0.5, 0.6) is 0 Å². The molecule has 0 aromatic heterocycles. The van der Waals surface area contributed by atoms with Crippen molar-refractivity contribution >= 4 is 5.91 Å². The number of carbonyl (C=O) groups excluding carboxylic acids is 1. The number of ether oxygens (including phenoxy) is 1. The zero-order chi connectivity index (χ0) is 10.6. The lowest BCUT2D eigenvalue weighted by Gasteiger charge is -2.19. The highest BCUT2D eigenvalue weighted by atomic mass is 16.5. The second kappa shape index (κ2) is 5.32. The molecule has 0 aliphatic carbocycles. The summed E-state index contributed by atoms with van der Waals surface area (Å²) >= 11 is 0. The Kier molecular flexibility index (Phi) is 4.35. The molecule has 4 heteroatoms. The lowest BCUT2D eigenvalue weighted by Crippen LogP contribution is -2.48. The van der Waals surface area contributed by atoms with Gasteiger partial charge in [-0.05, 0) is 12.3 Å². The van der Waals surface area contributed by atoms with Crippen molar-refractivity contribution in [1.82, 2.24) is 5.32 Å². The third kappa shape index (κ3) is 2.96. The van der Waals surface area contributed by atoms with E-state index in [1.165, 1.54) is 0 Å². The number of nitrogens with two attached hydrogens (primary N) is 1. The minimum atomic E-state index is -0.388. The van der Waals surface area contributed by atoms with Crippen LogP contribution < -0.4 is 11.1 Å². The number of hydrogen-bond donors (Lipinski definition) is 2. The molecule has 0 spiro atoms. The van der Waals surface area contributed by atoms with Crippen LogP contribution in [0.15, 0.2) is 0 Å². The fraction of sp³-hybridized carbons (Fsp3) is 0.900. The van der Waals surface area contributed by atoms with Gasteiger partial charge in [-0.15, -0.1) is 0 Å². The van der Waals surface area contributed by atoms with E-state index in [1.54, 1.807) is 0 Å². The molecular weight excluding hydrogens is 180 g/mol. The Hall–Kier alpha value is -0.610. The third-order valence-corrected chi connectivity index (χ3v) is 2.84. The van der Waals surface area contributed by atoms with Crippen LogP contribution in [-0.2, 0) is 9.53 Å². The van der Waals surface area contributed by atoms with Crippen molar-refractivity contribution in [2.24, 2.45) is 11.7 Å². The molecule has 3 N–H and O–H groups in total. The van der Waals surface area contributed by atoms with E-state index < -0.39 is 0 Å². The fourth-order valence-electron chi connectivity index (χ4n) is 1.46. The molecule has 82 valence electrons. The largest absolute Gasteiger partial charge is 0.379 e. The van der Waals surface area contributed by atoms with E-state index in [0.29, 0.717) is 6.61 Å². The second-order valence-electron chi connectivity index (χ2n) is 3.98. The van der Waals surface area contributed by atoms with E-state index in [1.807, 2.05) is 13.8 Å². The normalized spacial score (nSPS) is 25.8. The van der Waals surface area contributed by atoms with Crippen LogP contribution in [0, 0.1) is 5.92 Å². The Morgan fingerprint density at radius 1 is 1.71 bits per heavy atom. The molecule has 14 heavy (non-hydrogen) atoms. The van der Waals surface area contributed by atoms with Crippen molar-refractivity contribution in [2.45, 2.75) is 38.8 Å². The number of rotatable bonds is 4. The summed E-state index contributed by atoms with van der Waals surface area (Å²) in [4.78, 5) is 11.6. The van der Waals surface area contributed by atoms with Crippen molar-refractivity contribution in [3.8, 4) is 0 Å². The van der Waals surface area contributed by atoms with Gasteiger partial charge in [0, 0.05) is 6.61 Å². The Morgan fingerprint density at radius 2 is 2.43 bits per heavy atom. The Balaban J connectivity index is 2.32. The molecule has 1 heterocycles. The van der Waals surface area contributed by atoms with Gasteiger partial charge >= 0.3 is 0 Å². The van der Waals surface area contributed by atoms with Gasteiger partial charge in [-0.2, -0.15) is 0 Å². The summed E-state index contributed by atoms with van der Waals surface area (Å²) in [6.07, 6.45) is 1.83. The molecule has 1 aliphatic rings. The molecule has 0 aromatic rings. The summed E-state index contributed by atoms with van der Waals surface area (Å²) in [6.45, 7) is 5.40. The van der Waals surface area contributed by atoms with Crippen LogP contribution in [0.25, 0.3) is 0 Å². The van der Waals surface area contributed by atoms with E-state index in [2.05, 4.69) is 5.32 Å². The van der Waals surface area contributed by atoms with Crippen LogP contribution in [-0.4, -0.2) is 31.2 Å². The van der Waals surface area contributed by atoms with Crippen molar-refractivity contribution in [3.63, 3.8) is 0 Å². The highest BCUT2D eigenvalue weighted by molar-refractivity contribution is 5.82. The minimum absolute atomic E-state index is 0.0464. The smallest absolute Gasteiger partial charge is 0.237 e. The first-order valence-corrected chi connectivity index (χ1v) is 5.28. The molecule has 0 saturated carbocycles. The van der Waals surface area contributed by atoms with Gasteiger partial charge in [0.25, 0.3) is 0 Å². The van der Waals surface area contributed by atoms with Crippen LogP contribution in [0.3, 0.4) is 0 Å². The maximum absolute atomic E-state index is 11.6. The molecule has 1 fully saturated rings. The molecule has 0 bridgehead atoms. The van der Waals surface area contributed by atoms with Gasteiger partial charge in [0.1, 0.15) is 0 Å². The van der Waals surface area contributed by atoms with Gasteiger partial charge in [-0.3, -0.25) is 4.79 Å². The summed E-state index contributed by atoms with van der Waals surface area (Å²) in [5.74, 6) is 0.187. The first-order valence-electron chi connectivity index (χ1n) is 5.28. The lowest BCUT2D eigenvalue weighted by molar-refractivity contribution is -0.124. The summed E-state index contributed by atoms with van der Waals surface area (Å²) in [6, 6.07) is -0.224. The number of carbonyl (C=O) groups is 1. The SMILES string of the molecule is CCC(C)[C@H](N)C(=O)NC1CCOC1. The van der Waals surface area contributed by atoms with E-state index in [4.69, 9.17) is 10.5 Å². The molecule has 1 saturated heterocycles. The summed E-state index contributed by atoms with van der Waals surface area (Å²) < 4.78 is 5.17. The average molecular weight is 200 g/mol. The molecule has 2 unspecified atom stereocenters. The van der Waals surface area contributed by atoms with Crippen molar-refractivity contribution < 1.29 is 9.53 Å². The number of nitrogens with one attached hydrogen (secondary N) is 1. The van der Waals surface area contributed by atoms with Crippen LogP contribution in [0.1, 0.15) is 26.7 Å². The Labute approximate surface area is 85.2 Å². The highest BCUT2D eigenvalue weighted by Gasteiger charge is 2.23. The number of amides is 1. The van der Waals surface area contributed by atoms with Gasteiger partial charge in [0.15, 0.2) is 0 Å². The van der Waals surface area contributed by atoms with Crippen molar-refractivity contribution in [2.75, 3.05) is 13.2 Å². The Bertz CT molecular complexity index is 191. The first kappa shape index (κ1) is 11.5. The molecule has 3 atom stereocenters. The van der Waals surface area contributed by atoms with Gasteiger partial charge in [0.05, 0.1) is 18.7 Å². The lowest BCUT2D eigenvalue weighted by atomic mass is 9.99. The molecule has 0 aromatic carbocycles. The van der Waals surface area contributed by atoms with E-state index in [-0.39, 0.29) is 23.9 Å². The summed E-state index contributed by atoms with van der Waals surface area (Å²) in [5.41, 5.74) is 5.80. The molecular formula is C10H20N2O2. The standard InChI is InChI=1S/C10H20N2O2/c1-3-7(2)9(11)10(13)12-8-4-5-14-6-8/h7-9H,3-6,11H2,1-2H3,(H,12,13)/t7?,8?,9-/m0/s1. The maximum Gasteiger partial charge on any atom is 0.237 e. The van der Waals surface area contributed by atoms with Gasteiger partial charge in [-0.1, -0.05) is 20.3 Å². The quantitative estimate of drug-likeness (QED) is 0.684. The predicted molar refractivity (Wildman–Crippen MR) is 54.8 cm³/mol. The topological polar surface area (TPSA) is 64.4 Å². The monoisotopic (exact) mass is 200 g/mol. The first-order chi connectivity index (χ1) is 6.65. The van der Waals surface area contributed by atoms with E-state index >= 15 is 0 Å². The molecule has 1 aliphatic heterocycles. The average Bonchev–Trinajstić information content (AvgIpc) is 2.68. The molecule has 1 amide bonds. The van der Waals surface area contributed by atoms with Gasteiger partial charge in [-0.25, -0.2) is 0 Å². The van der Waals surface area contributed by atoms with Crippen LogP contribution in [0.2, 0.25) is 0 Å². The zero-order valence-electron chi connectivity index (χ0n) is 8.95. The van der Waals surface area contributed by atoms with Crippen molar-refractivity contribution in [1.29, 1.82) is 0 Å². The second-order valence-corrected chi connectivity index (χ2v) is 3.98. The molecule has 0 radical (unpaired) electrons. The molecule has 1 rings (SSSR count). The fourth-order valence-corrected chi connectivity index (χ4v) is 1.46. The minimum Gasteiger partial charge on any atom is -0.379 e. The van der Waals surface area contributed by atoms with Crippen LogP contribution in [0.4, 0.5) is 0 Å². The van der Waals surface area contributed by atoms with E-state index in [0.717, 1.165) is 19.4 Å². The van der Waals surface area contributed by atoms with Crippen molar-refractivity contribution in [3.05, 3.63) is 0 Å². The van der Waals surface area contributed by atoms with Crippen LogP contribution >= 0.6 is 0 Å². The van der Waals surface area contributed by atoms with Gasteiger partial charge in [0.2, 0.25) is 5.91 Å². The summed E-state index contributed by atoms with van der Waals surface area (Å²) in [7, 11) is 0. The van der Waals surface area contributed by atoms with E-state index in [9.17, 15) is 4.79 Å².